The zero-order chi connectivity index (χ0) is 14.7. The van der Waals surface area contributed by atoms with Crippen LogP contribution in [-0.2, 0) is 9.47 Å². The van der Waals surface area contributed by atoms with E-state index in [1.165, 1.54) is 0 Å². The van der Waals surface area contributed by atoms with E-state index in [-0.39, 0.29) is 11.7 Å². The summed E-state index contributed by atoms with van der Waals surface area (Å²) in [6.07, 6.45) is 4.59. The topological polar surface area (TPSA) is 44.8 Å². The molecule has 2 heterocycles. The van der Waals surface area contributed by atoms with E-state index in [4.69, 9.17) is 14.2 Å². The molecule has 0 aliphatic carbocycles. The Hall–Kier alpha value is -1.39. The second-order valence-electron chi connectivity index (χ2n) is 6.04. The number of ether oxygens (including phenoxy) is 3. The van der Waals surface area contributed by atoms with Gasteiger partial charge in [-0.25, -0.2) is 0 Å². The highest BCUT2D eigenvalue weighted by atomic mass is 16.5. The van der Waals surface area contributed by atoms with Gasteiger partial charge < -0.3 is 14.2 Å². The third-order valence-corrected chi connectivity index (χ3v) is 4.44. The lowest BCUT2D eigenvalue weighted by Gasteiger charge is -2.43. The molecule has 0 aromatic heterocycles. The average molecular weight is 290 g/mol. The molecule has 1 spiro atoms. The monoisotopic (exact) mass is 290 g/mol. The molecule has 1 aromatic carbocycles. The van der Waals surface area contributed by atoms with Crippen LogP contribution in [0.5, 0.6) is 5.75 Å². The number of carbonyl (C=O) groups excluding carboxylic acids is 1. The maximum absolute atomic E-state index is 11.2. The van der Waals surface area contributed by atoms with Gasteiger partial charge in [-0.05, 0) is 31.9 Å². The molecule has 21 heavy (non-hydrogen) atoms. The summed E-state index contributed by atoms with van der Waals surface area (Å²) < 4.78 is 17.6. The Labute approximate surface area is 125 Å². The molecule has 0 radical (unpaired) electrons. The first-order chi connectivity index (χ1) is 10.2. The van der Waals surface area contributed by atoms with Gasteiger partial charge in [-0.2, -0.15) is 0 Å². The molecule has 2 fully saturated rings. The zero-order valence-corrected chi connectivity index (χ0v) is 12.5. The fourth-order valence-electron chi connectivity index (χ4n) is 3.22. The highest BCUT2D eigenvalue weighted by molar-refractivity contribution is 5.79. The highest BCUT2D eigenvalue weighted by Crippen LogP contribution is 2.36. The predicted octanol–water partition coefficient (Wildman–Crippen LogP) is 2.91. The fraction of sp³-hybridized carbons (Fsp3) is 0.588. The SMILES string of the molecule is Cc1ccc(OC2CCOC3(CCOCC3)C2)c(C=O)c1. The predicted molar refractivity (Wildman–Crippen MR) is 79.0 cm³/mol. The van der Waals surface area contributed by atoms with Gasteiger partial charge in [0.25, 0.3) is 0 Å². The third-order valence-electron chi connectivity index (χ3n) is 4.44. The van der Waals surface area contributed by atoms with Crippen LogP contribution in [0.15, 0.2) is 18.2 Å². The molecule has 0 bridgehead atoms. The van der Waals surface area contributed by atoms with Crippen molar-refractivity contribution in [2.24, 2.45) is 0 Å². The molecule has 114 valence electrons. The molecule has 1 aromatic rings. The molecule has 1 unspecified atom stereocenters. The minimum Gasteiger partial charge on any atom is -0.489 e. The lowest BCUT2D eigenvalue weighted by atomic mass is 9.85. The van der Waals surface area contributed by atoms with E-state index in [0.29, 0.717) is 17.9 Å². The minimum atomic E-state index is -0.0901. The van der Waals surface area contributed by atoms with E-state index in [0.717, 1.165) is 50.7 Å². The van der Waals surface area contributed by atoms with Gasteiger partial charge in [0.05, 0.1) is 17.8 Å². The van der Waals surface area contributed by atoms with E-state index in [9.17, 15) is 4.79 Å². The van der Waals surface area contributed by atoms with Gasteiger partial charge in [0, 0.05) is 26.1 Å². The lowest BCUT2D eigenvalue weighted by Crippen LogP contribution is -2.47. The summed E-state index contributed by atoms with van der Waals surface area (Å²) in [5.41, 5.74) is 1.60. The minimum absolute atomic E-state index is 0.0901. The van der Waals surface area contributed by atoms with Crippen LogP contribution in [0.3, 0.4) is 0 Å². The van der Waals surface area contributed by atoms with Gasteiger partial charge in [0.2, 0.25) is 0 Å². The van der Waals surface area contributed by atoms with E-state index in [1.54, 1.807) is 0 Å². The van der Waals surface area contributed by atoms with Crippen LogP contribution in [0.2, 0.25) is 0 Å². The van der Waals surface area contributed by atoms with Gasteiger partial charge in [0.15, 0.2) is 6.29 Å². The molecule has 3 rings (SSSR count). The number of hydrogen-bond acceptors (Lipinski definition) is 4. The molecule has 1 atom stereocenters. The Morgan fingerprint density at radius 2 is 2.10 bits per heavy atom. The van der Waals surface area contributed by atoms with Gasteiger partial charge in [0.1, 0.15) is 11.9 Å². The number of hydrogen-bond donors (Lipinski definition) is 0. The summed E-state index contributed by atoms with van der Waals surface area (Å²) in [5, 5.41) is 0. The second-order valence-corrected chi connectivity index (χ2v) is 6.04. The average Bonchev–Trinajstić information content (AvgIpc) is 2.50. The van der Waals surface area contributed by atoms with Gasteiger partial charge in [-0.3, -0.25) is 4.79 Å². The molecule has 4 nitrogen and oxygen atoms in total. The van der Waals surface area contributed by atoms with Gasteiger partial charge in [-0.1, -0.05) is 11.6 Å². The number of aryl methyl sites for hydroxylation is 1. The molecular formula is C17H22O4. The molecule has 2 aliphatic heterocycles. The summed E-state index contributed by atoms with van der Waals surface area (Å²) >= 11 is 0. The fourth-order valence-corrected chi connectivity index (χ4v) is 3.22. The van der Waals surface area contributed by atoms with Crippen LogP contribution >= 0.6 is 0 Å². The Kier molecular flexibility index (Phi) is 4.27. The summed E-state index contributed by atoms with van der Waals surface area (Å²) in [7, 11) is 0. The van der Waals surface area contributed by atoms with E-state index in [2.05, 4.69) is 0 Å². The molecule has 0 amide bonds. The standard InChI is InChI=1S/C17H22O4/c1-13-2-3-16(14(10-13)12-18)21-15-4-7-20-17(11-15)5-8-19-9-6-17/h2-3,10,12,15H,4-9,11H2,1H3. The summed E-state index contributed by atoms with van der Waals surface area (Å²) in [5.74, 6) is 0.685. The van der Waals surface area contributed by atoms with E-state index in [1.807, 2.05) is 25.1 Å². The first-order valence-corrected chi connectivity index (χ1v) is 7.65. The lowest BCUT2D eigenvalue weighted by molar-refractivity contribution is -0.155. The van der Waals surface area contributed by atoms with Crippen LogP contribution in [0.4, 0.5) is 0 Å². The summed E-state index contributed by atoms with van der Waals surface area (Å²) in [6.45, 7) is 4.21. The van der Waals surface area contributed by atoms with Crippen LogP contribution in [0, 0.1) is 6.92 Å². The van der Waals surface area contributed by atoms with Crippen molar-refractivity contribution in [2.45, 2.75) is 44.3 Å². The Morgan fingerprint density at radius 3 is 2.86 bits per heavy atom. The van der Waals surface area contributed by atoms with Crippen molar-refractivity contribution >= 4 is 6.29 Å². The molecule has 2 saturated heterocycles. The van der Waals surface area contributed by atoms with Crippen LogP contribution < -0.4 is 4.74 Å². The van der Waals surface area contributed by atoms with Gasteiger partial charge in [-0.15, -0.1) is 0 Å². The van der Waals surface area contributed by atoms with Crippen molar-refractivity contribution in [3.63, 3.8) is 0 Å². The number of aldehydes is 1. The van der Waals surface area contributed by atoms with Crippen molar-refractivity contribution in [2.75, 3.05) is 19.8 Å². The van der Waals surface area contributed by atoms with Crippen LogP contribution in [0.1, 0.15) is 41.6 Å². The Balaban J connectivity index is 1.71. The second kappa shape index (κ2) is 6.16. The normalized spacial score (nSPS) is 24.7. The molecule has 0 N–H and O–H groups in total. The largest absolute Gasteiger partial charge is 0.489 e. The number of rotatable bonds is 3. The van der Waals surface area contributed by atoms with Crippen molar-refractivity contribution in [1.82, 2.24) is 0 Å². The van der Waals surface area contributed by atoms with Crippen molar-refractivity contribution in [3.8, 4) is 5.75 Å². The van der Waals surface area contributed by atoms with Crippen LogP contribution in [-0.4, -0.2) is 37.8 Å². The maximum atomic E-state index is 11.2. The van der Waals surface area contributed by atoms with E-state index < -0.39 is 0 Å². The molecule has 4 heteroatoms. The Bertz CT molecular complexity index is 500. The van der Waals surface area contributed by atoms with Crippen LogP contribution in [0.25, 0.3) is 0 Å². The smallest absolute Gasteiger partial charge is 0.153 e. The number of benzene rings is 1. The third kappa shape index (κ3) is 3.27. The first-order valence-electron chi connectivity index (χ1n) is 7.65. The molecule has 0 saturated carbocycles. The van der Waals surface area contributed by atoms with E-state index >= 15 is 0 Å². The quantitative estimate of drug-likeness (QED) is 0.803. The maximum Gasteiger partial charge on any atom is 0.153 e. The first kappa shape index (κ1) is 14.5. The summed E-state index contributed by atoms with van der Waals surface area (Å²) in [6, 6.07) is 5.74. The molecular weight excluding hydrogens is 268 g/mol. The zero-order valence-electron chi connectivity index (χ0n) is 12.5. The van der Waals surface area contributed by atoms with Crippen molar-refractivity contribution in [1.29, 1.82) is 0 Å². The Morgan fingerprint density at radius 1 is 1.29 bits per heavy atom. The van der Waals surface area contributed by atoms with Crippen molar-refractivity contribution in [3.05, 3.63) is 29.3 Å². The number of carbonyl (C=O) groups is 1. The highest BCUT2D eigenvalue weighted by Gasteiger charge is 2.40. The van der Waals surface area contributed by atoms with Crippen molar-refractivity contribution < 1.29 is 19.0 Å². The molecule has 2 aliphatic rings. The summed E-state index contributed by atoms with van der Waals surface area (Å²) in [4.78, 5) is 11.2. The van der Waals surface area contributed by atoms with Gasteiger partial charge >= 0.3 is 0 Å².